The van der Waals surface area contributed by atoms with Gasteiger partial charge in [-0.2, -0.15) is 0 Å². The van der Waals surface area contributed by atoms with Crippen LogP contribution in [0, 0.1) is 0 Å². The Kier molecular flexibility index (Phi) is 6.97. The van der Waals surface area contributed by atoms with Gasteiger partial charge in [0.25, 0.3) is 5.91 Å². The van der Waals surface area contributed by atoms with Crippen molar-refractivity contribution in [3.63, 3.8) is 0 Å². The molecular weight excluding hydrogens is 398 g/mol. The Bertz CT molecular complexity index is 850. The van der Waals surface area contributed by atoms with Crippen LogP contribution >= 0.6 is 23.8 Å². The zero-order valence-corrected chi connectivity index (χ0v) is 16.7. The molecule has 6 nitrogen and oxygen atoms in total. The Morgan fingerprint density at radius 2 is 1.68 bits per heavy atom. The molecule has 0 aliphatic carbocycles. The van der Waals surface area contributed by atoms with Crippen molar-refractivity contribution in [3.8, 4) is 0 Å². The second-order valence-electron chi connectivity index (χ2n) is 6.29. The molecule has 0 atom stereocenters. The van der Waals surface area contributed by atoms with Crippen molar-refractivity contribution in [2.75, 3.05) is 31.6 Å². The van der Waals surface area contributed by atoms with E-state index in [2.05, 4.69) is 10.6 Å². The lowest BCUT2D eigenvalue weighted by Gasteiger charge is -2.26. The van der Waals surface area contributed by atoms with E-state index in [0.29, 0.717) is 42.6 Å². The van der Waals surface area contributed by atoms with Gasteiger partial charge >= 0.3 is 0 Å². The molecule has 0 spiro atoms. The average molecular weight is 418 g/mol. The number of morpholine rings is 1. The summed E-state index contributed by atoms with van der Waals surface area (Å²) in [5.74, 6) is -0.243. The molecule has 1 heterocycles. The number of ether oxygens (including phenoxy) is 1. The Hall–Kier alpha value is -2.48. The summed E-state index contributed by atoms with van der Waals surface area (Å²) in [6.45, 7) is 2.33. The van der Waals surface area contributed by atoms with Crippen molar-refractivity contribution >= 4 is 46.4 Å². The van der Waals surface area contributed by atoms with Gasteiger partial charge in [-0.25, -0.2) is 0 Å². The molecule has 146 valence electrons. The van der Waals surface area contributed by atoms with Gasteiger partial charge in [-0.1, -0.05) is 23.7 Å². The second-order valence-corrected chi connectivity index (χ2v) is 7.13. The number of nitrogens with zero attached hydrogens (tertiary/aromatic N) is 1. The molecule has 0 aromatic heterocycles. The van der Waals surface area contributed by atoms with Crippen molar-refractivity contribution in [3.05, 3.63) is 64.7 Å². The van der Waals surface area contributed by atoms with E-state index in [4.69, 9.17) is 28.6 Å². The Morgan fingerprint density at radius 1 is 1.04 bits per heavy atom. The maximum Gasteiger partial charge on any atom is 0.254 e. The molecule has 0 bridgehead atoms. The number of anilines is 1. The van der Waals surface area contributed by atoms with Gasteiger partial charge in [-0.05, 0) is 54.2 Å². The van der Waals surface area contributed by atoms with Gasteiger partial charge in [0.05, 0.1) is 19.6 Å². The zero-order valence-electron chi connectivity index (χ0n) is 15.1. The minimum Gasteiger partial charge on any atom is -0.378 e. The summed E-state index contributed by atoms with van der Waals surface area (Å²) in [4.78, 5) is 26.3. The van der Waals surface area contributed by atoms with E-state index in [1.807, 2.05) is 0 Å². The highest BCUT2D eigenvalue weighted by Gasteiger charge is 2.18. The number of carbonyl (C=O) groups excluding carboxylic acids is 2. The van der Waals surface area contributed by atoms with E-state index in [9.17, 15) is 9.59 Å². The van der Waals surface area contributed by atoms with Crippen LogP contribution in [-0.4, -0.2) is 48.1 Å². The van der Waals surface area contributed by atoms with Crippen molar-refractivity contribution in [2.45, 2.75) is 6.42 Å². The quantitative estimate of drug-likeness (QED) is 0.748. The topological polar surface area (TPSA) is 70.7 Å². The number of carbonyl (C=O) groups is 2. The number of nitrogens with one attached hydrogen (secondary N) is 2. The normalized spacial score (nSPS) is 13.7. The summed E-state index contributed by atoms with van der Waals surface area (Å²) in [6, 6.07) is 14.0. The van der Waals surface area contributed by atoms with Crippen LogP contribution in [-0.2, 0) is 16.0 Å². The molecule has 1 fully saturated rings. The molecule has 28 heavy (non-hydrogen) atoms. The van der Waals surface area contributed by atoms with E-state index in [1.165, 1.54) is 0 Å². The van der Waals surface area contributed by atoms with Gasteiger partial charge in [-0.15, -0.1) is 0 Å². The molecule has 2 amide bonds. The van der Waals surface area contributed by atoms with Gasteiger partial charge in [0.15, 0.2) is 5.11 Å². The lowest BCUT2D eigenvalue weighted by molar-refractivity contribution is -0.119. The van der Waals surface area contributed by atoms with Gasteiger partial charge < -0.3 is 20.3 Å². The fourth-order valence-corrected chi connectivity index (χ4v) is 3.12. The zero-order chi connectivity index (χ0) is 19.9. The van der Waals surface area contributed by atoms with E-state index < -0.39 is 0 Å². The predicted octanol–water partition coefficient (Wildman–Crippen LogP) is 2.87. The Balaban J connectivity index is 1.50. The fraction of sp³-hybridized carbons (Fsp3) is 0.250. The standard InChI is InChI=1S/C20H20ClN3O3S/c21-16-5-1-14(2-6-16)13-18(25)23-20(28)22-17-7-3-15(4-8-17)19(26)24-9-11-27-12-10-24/h1-8H,9-13H2,(H2,22,23,25,28). The highest BCUT2D eigenvalue weighted by molar-refractivity contribution is 7.80. The summed E-state index contributed by atoms with van der Waals surface area (Å²) in [7, 11) is 0. The van der Waals surface area contributed by atoms with E-state index >= 15 is 0 Å². The predicted molar refractivity (Wildman–Crippen MR) is 113 cm³/mol. The SMILES string of the molecule is O=C(Cc1ccc(Cl)cc1)NC(=S)Nc1ccc(C(=O)N2CCOCC2)cc1. The first kappa shape index (κ1) is 20.3. The van der Waals surface area contributed by atoms with Crippen LogP contribution in [0.4, 0.5) is 5.69 Å². The molecule has 2 aromatic carbocycles. The third-order valence-electron chi connectivity index (χ3n) is 4.22. The van der Waals surface area contributed by atoms with Crippen LogP contribution in [0.1, 0.15) is 15.9 Å². The van der Waals surface area contributed by atoms with E-state index in [1.54, 1.807) is 53.4 Å². The van der Waals surface area contributed by atoms with Crippen LogP contribution in [0.2, 0.25) is 5.02 Å². The third kappa shape index (κ3) is 5.76. The molecule has 3 rings (SSSR count). The first-order chi connectivity index (χ1) is 13.5. The van der Waals surface area contributed by atoms with Crippen molar-refractivity contribution in [2.24, 2.45) is 0 Å². The molecule has 1 aliphatic heterocycles. The molecule has 0 saturated carbocycles. The van der Waals surface area contributed by atoms with Gasteiger partial charge in [0.2, 0.25) is 5.91 Å². The first-order valence-electron chi connectivity index (χ1n) is 8.83. The molecule has 8 heteroatoms. The van der Waals surface area contributed by atoms with Crippen molar-refractivity contribution in [1.29, 1.82) is 0 Å². The maximum atomic E-state index is 12.4. The van der Waals surface area contributed by atoms with Crippen LogP contribution in [0.3, 0.4) is 0 Å². The maximum absolute atomic E-state index is 12.4. The summed E-state index contributed by atoms with van der Waals surface area (Å²) < 4.78 is 5.26. The smallest absolute Gasteiger partial charge is 0.254 e. The largest absolute Gasteiger partial charge is 0.378 e. The van der Waals surface area contributed by atoms with Crippen LogP contribution < -0.4 is 10.6 Å². The number of halogens is 1. The minimum absolute atomic E-state index is 0.0197. The summed E-state index contributed by atoms with van der Waals surface area (Å²) in [5.41, 5.74) is 2.14. The van der Waals surface area contributed by atoms with Crippen LogP contribution in [0.15, 0.2) is 48.5 Å². The summed E-state index contributed by atoms with van der Waals surface area (Å²) >= 11 is 11.0. The lowest BCUT2D eigenvalue weighted by Crippen LogP contribution is -2.40. The van der Waals surface area contributed by atoms with Crippen molar-refractivity contribution in [1.82, 2.24) is 10.2 Å². The number of benzene rings is 2. The Labute approximate surface area is 173 Å². The van der Waals surface area contributed by atoms with Gasteiger partial charge in [0, 0.05) is 29.4 Å². The minimum atomic E-state index is -0.223. The van der Waals surface area contributed by atoms with E-state index in [-0.39, 0.29) is 23.3 Å². The Morgan fingerprint density at radius 3 is 2.32 bits per heavy atom. The fourth-order valence-electron chi connectivity index (χ4n) is 2.77. The number of amides is 2. The van der Waals surface area contributed by atoms with Gasteiger partial charge in [-0.3, -0.25) is 9.59 Å². The molecule has 0 unspecified atom stereocenters. The molecule has 1 aliphatic rings. The average Bonchev–Trinajstić information content (AvgIpc) is 2.70. The monoisotopic (exact) mass is 417 g/mol. The van der Waals surface area contributed by atoms with E-state index in [0.717, 1.165) is 5.56 Å². The number of hydrogen-bond donors (Lipinski definition) is 2. The highest BCUT2D eigenvalue weighted by Crippen LogP contribution is 2.13. The first-order valence-corrected chi connectivity index (χ1v) is 9.62. The third-order valence-corrected chi connectivity index (χ3v) is 4.68. The van der Waals surface area contributed by atoms with Crippen LogP contribution in [0.25, 0.3) is 0 Å². The molecule has 1 saturated heterocycles. The lowest BCUT2D eigenvalue weighted by atomic mass is 10.1. The number of rotatable bonds is 4. The number of hydrogen-bond acceptors (Lipinski definition) is 4. The van der Waals surface area contributed by atoms with Crippen molar-refractivity contribution < 1.29 is 14.3 Å². The number of thiocarbonyl (C=S) groups is 1. The molecular formula is C20H20ClN3O3S. The highest BCUT2D eigenvalue weighted by atomic mass is 35.5. The second kappa shape index (κ2) is 9.64. The summed E-state index contributed by atoms with van der Waals surface area (Å²) in [5, 5.41) is 6.41. The summed E-state index contributed by atoms with van der Waals surface area (Å²) in [6.07, 6.45) is 0.200. The van der Waals surface area contributed by atoms with Crippen LogP contribution in [0.5, 0.6) is 0 Å². The molecule has 2 aromatic rings. The molecule has 0 radical (unpaired) electrons. The van der Waals surface area contributed by atoms with Gasteiger partial charge in [0.1, 0.15) is 0 Å². The molecule has 2 N–H and O–H groups in total.